The molecule has 1 aromatic rings. The smallest absolute Gasteiger partial charge is 0.328 e. The van der Waals surface area contributed by atoms with Gasteiger partial charge in [-0.05, 0) is 37.1 Å². The highest BCUT2D eigenvalue weighted by Crippen LogP contribution is 2.15. The molecule has 0 spiro atoms. The van der Waals surface area contributed by atoms with Crippen molar-refractivity contribution in [2.24, 2.45) is 0 Å². The maximum Gasteiger partial charge on any atom is 0.328 e. The van der Waals surface area contributed by atoms with Crippen LogP contribution in [0.1, 0.15) is 12.5 Å². The molecule has 0 saturated heterocycles. The first-order valence-electron chi connectivity index (χ1n) is 4.89. The molecule has 1 rings (SSSR count). The standard InChI is InChI=1S/C12H14FNO2/c1-8-3-4-11(10(13)5-8)14-7-9(2)6-12(15)16/h3-6,14H,7H2,1-2H3,(H,15,16)/b9-6-. The highest BCUT2D eigenvalue weighted by atomic mass is 19.1. The number of anilines is 1. The molecule has 86 valence electrons. The van der Waals surface area contributed by atoms with Gasteiger partial charge >= 0.3 is 5.97 Å². The topological polar surface area (TPSA) is 49.3 Å². The molecule has 3 nitrogen and oxygen atoms in total. The summed E-state index contributed by atoms with van der Waals surface area (Å²) >= 11 is 0. The minimum absolute atomic E-state index is 0.312. The Labute approximate surface area is 93.6 Å². The minimum atomic E-state index is -0.997. The van der Waals surface area contributed by atoms with Crippen LogP contribution in [-0.4, -0.2) is 17.6 Å². The lowest BCUT2D eigenvalue weighted by Gasteiger charge is -2.07. The number of nitrogens with one attached hydrogen (secondary N) is 1. The number of benzene rings is 1. The third kappa shape index (κ3) is 3.73. The van der Waals surface area contributed by atoms with Crippen LogP contribution in [0, 0.1) is 12.7 Å². The molecule has 0 unspecified atom stereocenters. The first kappa shape index (κ1) is 12.2. The second kappa shape index (κ2) is 5.30. The highest BCUT2D eigenvalue weighted by Gasteiger charge is 2.01. The Balaban J connectivity index is 2.65. The number of hydrogen-bond donors (Lipinski definition) is 2. The van der Waals surface area contributed by atoms with Crippen LogP contribution in [-0.2, 0) is 4.79 Å². The van der Waals surface area contributed by atoms with Crippen LogP contribution in [0.4, 0.5) is 10.1 Å². The molecule has 0 aliphatic carbocycles. The van der Waals surface area contributed by atoms with E-state index in [2.05, 4.69) is 5.32 Å². The fourth-order valence-corrected chi connectivity index (χ4v) is 1.26. The van der Waals surface area contributed by atoms with E-state index < -0.39 is 5.97 Å². The molecule has 16 heavy (non-hydrogen) atoms. The van der Waals surface area contributed by atoms with Gasteiger partial charge in [-0.3, -0.25) is 0 Å². The van der Waals surface area contributed by atoms with Gasteiger partial charge in [0.1, 0.15) is 5.82 Å². The summed E-state index contributed by atoms with van der Waals surface area (Å²) in [6, 6.07) is 4.86. The normalized spacial score (nSPS) is 11.3. The Morgan fingerprint density at radius 3 is 2.81 bits per heavy atom. The summed E-state index contributed by atoms with van der Waals surface area (Å²) in [5.74, 6) is -1.33. The number of carboxylic acids is 1. The largest absolute Gasteiger partial charge is 0.478 e. The number of rotatable bonds is 4. The van der Waals surface area contributed by atoms with Gasteiger partial charge in [0.2, 0.25) is 0 Å². The lowest BCUT2D eigenvalue weighted by atomic mass is 10.2. The number of carboxylic acid groups (broad SMARTS) is 1. The highest BCUT2D eigenvalue weighted by molar-refractivity contribution is 5.80. The van der Waals surface area contributed by atoms with Crippen molar-refractivity contribution in [3.63, 3.8) is 0 Å². The molecule has 2 N–H and O–H groups in total. The molecule has 1 aromatic carbocycles. The van der Waals surface area contributed by atoms with E-state index in [1.54, 1.807) is 19.1 Å². The van der Waals surface area contributed by atoms with Crippen LogP contribution in [0.5, 0.6) is 0 Å². The second-order valence-corrected chi connectivity index (χ2v) is 3.67. The van der Waals surface area contributed by atoms with Crippen molar-refractivity contribution in [1.82, 2.24) is 0 Å². The molecular weight excluding hydrogens is 209 g/mol. The van der Waals surface area contributed by atoms with Crippen LogP contribution in [0.3, 0.4) is 0 Å². The molecule has 0 radical (unpaired) electrons. The summed E-state index contributed by atoms with van der Waals surface area (Å²) in [6.45, 7) is 3.79. The van der Waals surface area contributed by atoms with Crippen molar-refractivity contribution in [2.75, 3.05) is 11.9 Å². The van der Waals surface area contributed by atoms with Crippen LogP contribution in [0.15, 0.2) is 29.8 Å². The number of halogens is 1. The van der Waals surface area contributed by atoms with Gasteiger partial charge in [0.15, 0.2) is 0 Å². The zero-order valence-electron chi connectivity index (χ0n) is 9.25. The molecule has 0 amide bonds. The molecule has 0 heterocycles. The van der Waals surface area contributed by atoms with Crippen LogP contribution in [0.2, 0.25) is 0 Å². The van der Waals surface area contributed by atoms with E-state index in [9.17, 15) is 9.18 Å². The van der Waals surface area contributed by atoms with E-state index in [0.717, 1.165) is 11.6 Å². The Bertz CT molecular complexity index is 427. The van der Waals surface area contributed by atoms with Crippen LogP contribution < -0.4 is 5.32 Å². The maximum atomic E-state index is 13.4. The lowest BCUT2D eigenvalue weighted by Crippen LogP contribution is -2.06. The predicted molar refractivity (Wildman–Crippen MR) is 61.0 cm³/mol. The molecule has 0 aliphatic heterocycles. The number of aryl methyl sites for hydroxylation is 1. The van der Waals surface area contributed by atoms with Crippen molar-refractivity contribution in [3.8, 4) is 0 Å². The molecule has 0 bridgehead atoms. The Morgan fingerprint density at radius 2 is 2.25 bits per heavy atom. The van der Waals surface area contributed by atoms with Gasteiger partial charge in [0.05, 0.1) is 5.69 Å². The molecule has 0 atom stereocenters. The number of hydrogen-bond acceptors (Lipinski definition) is 2. The van der Waals surface area contributed by atoms with Crippen molar-refractivity contribution in [1.29, 1.82) is 0 Å². The van der Waals surface area contributed by atoms with Gasteiger partial charge in [0, 0.05) is 12.6 Å². The van der Waals surface area contributed by atoms with Crippen molar-refractivity contribution in [3.05, 3.63) is 41.2 Å². The van der Waals surface area contributed by atoms with E-state index >= 15 is 0 Å². The fourth-order valence-electron chi connectivity index (χ4n) is 1.26. The van der Waals surface area contributed by atoms with Gasteiger partial charge in [-0.2, -0.15) is 0 Å². The fraction of sp³-hybridized carbons (Fsp3) is 0.250. The Kier molecular flexibility index (Phi) is 4.05. The van der Waals surface area contributed by atoms with E-state index in [1.165, 1.54) is 6.07 Å². The average Bonchev–Trinajstić information content (AvgIpc) is 2.15. The quantitative estimate of drug-likeness (QED) is 0.771. The third-order valence-corrected chi connectivity index (χ3v) is 2.05. The summed E-state index contributed by atoms with van der Waals surface area (Å²) in [6.07, 6.45) is 1.10. The van der Waals surface area contributed by atoms with Gasteiger partial charge in [-0.25, -0.2) is 9.18 Å². The summed E-state index contributed by atoms with van der Waals surface area (Å²) < 4.78 is 13.4. The average molecular weight is 223 g/mol. The van der Waals surface area contributed by atoms with Gasteiger partial charge in [0.25, 0.3) is 0 Å². The molecule has 0 aliphatic rings. The van der Waals surface area contributed by atoms with Gasteiger partial charge in [-0.15, -0.1) is 0 Å². The molecule has 0 saturated carbocycles. The van der Waals surface area contributed by atoms with E-state index in [4.69, 9.17) is 5.11 Å². The second-order valence-electron chi connectivity index (χ2n) is 3.67. The van der Waals surface area contributed by atoms with Crippen molar-refractivity contribution < 1.29 is 14.3 Å². The zero-order chi connectivity index (χ0) is 12.1. The van der Waals surface area contributed by atoms with Crippen LogP contribution >= 0.6 is 0 Å². The molecule has 4 heteroatoms. The Hall–Kier alpha value is -1.84. The summed E-state index contributed by atoms with van der Waals surface area (Å²) in [5, 5.41) is 11.3. The summed E-state index contributed by atoms with van der Waals surface area (Å²) in [4.78, 5) is 10.4. The first-order chi connectivity index (χ1) is 7.49. The summed E-state index contributed by atoms with van der Waals surface area (Å²) in [5.41, 5.74) is 1.86. The Morgan fingerprint density at radius 1 is 1.56 bits per heavy atom. The lowest BCUT2D eigenvalue weighted by molar-refractivity contribution is -0.131. The number of carbonyl (C=O) groups is 1. The number of aliphatic carboxylic acids is 1. The van der Waals surface area contributed by atoms with Gasteiger partial charge in [-0.1, -0.05) is 6.07 Å². The minimum Gasteiger partial charge on any atom is -0.478 e. The maximum absolute atomic E-state index is 13.4. The monoisotopic (exact) mass is 223 g/mol. The van der Waals surface area contributed by atoms with E-state index in [1.807, 2.05) is 6.92 Å². The SMILES string of the molecule is C/C(=C/C(=O)O)CNc1ccc(C)cc1F. The van der Waals surface area contributed by atoms with Crippen molar-refractivity contribution >= 4 is 11.7 Å². The molecule has 0 aromatic heterocycles. The summed E-state index contributed by atoms with van der Waals surface area (Å²) in [7, 11) is 0. The molecular formula is C12H14FNO2. The first-order valence-corrected chi connectivity index (χ1v) is 4.89. The van der Waals surface area contributed by atoms with Crippen LogP contribution in [0.25, 0.3) is 0 Å². The van der Waals surface area contributed by atoms with E-state index in [-0.39, 0.29) is 5.82 Å². The van der Waals surface area contributed by atoms with Crippen molar-refractivity contribution in [2.45, 2.75) is 13.8 Å². The third-order valence-electron chi connectivity index (χ3n) is 2.05. The predicted octanol–water partition coefficient (Wildman–Crippen LogP) is 2.58. The zero-order valence-corrected chi connectivity index (χ0v) is 9.25. The molecule has 0 fully saturated rings. The van der Waals surface area contributed by atoms with E-state index in [0.29, 0.717) is 17.8 Å². The van der Waals surface area contributed by atoms with Gasteiger partial charge < -0.3 is 10.4 Å².